The Labute approximate surface area is 291 Å². The molecule has 0 heterocycles. The third-order valence-electron chi connectivity index (χ3n) is 9.59. The molecule has 0 aromatic heterocycles. The lowest BCUT2D eigenvalue weighted by Gasteiger charge is -2.14. The highest BCUT2D eigenvalue weighted by Crippen LogP contribution is 2.42. The van der Waals surface area contributed by atoms with Gasteiger partial charge in [-0.3, -0.25) is 0 Å². The van der Waals surface area contributed by atoms with Crippen LogP contribution in [0.1, 0.15) is 22.3 Å². The Balaban J connectivity index is 1.41. The molecule has 0 fully saturated rings. The van der Waals surface area contributed by atoms with Crippen LogP contribution in [-0.2, 0) is 12.4 Å². The zero-order valence-corrected chi connectivity index (χ0v) is 27.3. The van der Waals surface area contributed by atoms with Crippen molar-refractivity contribution in [3.63, 3.8) is 0 Å². The first-order chi connectivity index (χ1) is 24.8. The van der Waals surface area contributed by atoms with Gasteiger partial charge in [0, 0.05) is 21.5 Å². The molecule has 4 nitrogen and oxygen atoms in total. The number of alkyl halides is 6. The van der Waals surface area contributed by atoms with Gasteiger partial charge in [-0.2, -0.15) is 43.2 Å². The highest BCUT2D eigenvalue weighted by molar-refractivity contribution is 6.31. The van der Waals surface area contributed by atoms with Crippen LogP contribution in [0.15, 0.2) is 107 Å². The minimum atomic E-state index is -5.01. The van der Waals surface area contributed by atoms with Gasteiger partial charge in [0.05, 0.1) is 21.6 Å². The van der Waals surface area contributed by atoms with Crippen molar-refractivity contribution in [3.05, 3.63) is 142 Å². The number of aryl methyl sites for hydroxylation is 2. The fourth-order valence-corrected chi connectivity index (χ4v) is 7.54. The van der Waals surface area contributed by atoms with E-state index in [2.05, 4.69) is 33.2 Å². The van der Waals surface area contributed by atoms with Crippen LogP contribution in [-0.4, -0.2) is 0 Å². The van der Waals surface area contributed by atoms with Gasteiger partial charge in [0.2, 0.25) is 6.19 Å². The minimum absolute atomic E-state index is 0.0939. The van der Waals surface area contributed by atoms with Crippen LogP contribution in [0.5, 0.6) is 0 Å². The topological polar surface area (TPSA) is 52.9 Å². The molecule has 252 valence electrons. The van der Waals surface area contributed by atoms with E-state index in [9.17, 15) is 31.6 Å². The third kappa shape index (κ3) is 5.15. The molecule has 10 heteroatoms. The monoisotopic (exact) mass is 696 g/mol. The zero-order valence-electron chi connectivity index (χ0n) is 27.3. The maximum Gasteiger partial charge on any atom is 0.416 e. The van der Waals surface area contributed by atoms with E-state index in [0.717, 1.165) is 60.0 Å². The summed E-state index contributed by atoms with van der Waals surface area (Å²) in [7, 11) is 0. The second-order valence-corrected chi connectivity index (χ2v) is 12.9. The summed E-state index contributed by atoms with van der Waals surface area (Å²) in [5, 5.41) is 22.0. The molecule has 0 aliphatic carbocycles. The van der Waals surface area contributed by atoms with E-state index in [4.69, 9.17) is 6.57 Å². The lowest BCUT2D eigenvalue weighted by atomic mass is 9.96. The number of nitrogens with zero attached hydrogens (tertiary/aromatic N) is 4. The van der Waals surface area contributed by atoms with E-state index >= 15 is 0 Å². The van der Waals surface area contributed by atoms with Crippen LogP contribution in [0.25, 0.3) is 81.1 Å². The molecule has 8 aromatic rings. The van der Waals surface area contributed by atoms with Crippen molar-refractivity contribution in [2.45, 2.75) is 26.2 Å². The smallest absolute Gasteiger partial charge is 0.181 e. The highest BCUT2D eigenvalue weighted by atomic mass is 19.4. The number of fused-ring (bicyclic) bond motifs is 9. The van der Waals surface area contributed by atoms with Crippen LogP contribution in [0.3, 0.4) is 0 Å². The lowest BCUT2D eigenvalue weighted by Crippen LogP contribution is -2.11. The molecular weight excluding hydrogens is 674 g/mol. The molecule has 0 aliphatic heterocycles. The largest absolute Gasteiger partial charge is 0.416 e. The molecule has 0 bridgehead atoms. The van der Waals surface area contributed by atoms with Crippen molar-refractivity contribution in [3.8, 4) is 28.4 Å². The Bertz CT molecular complexity index is 2990. The first-order valence-electron chi connectivity index (χ1n) is 16.0. The van der Waals surface area contributed by atoms with Crippen molar-refractivity contribution >= 4 is 53.9 Å². The van der Waals surface area contributed by atoms with Crippen LogP contribution >= 0.6 is 0 Å². The van der Waals surface area contributed by atoms with Crippen molar-refractivity contribution in [2.75, 3.05) is 0 Å². The van der Waals surface area contributed by atoms with Gasteiger partial charge in [0.1, 0.15) is 0 Å². The maximum atomic E-state index is 13.7. The molecule has 0 N–H and O–H groups in total. The number of hydrogen-bond acceptors (Lipinski definition) is 3. The van der Waals surface area contributed by atoms with E-state index in [1.165, 1.54) is 12.1 Å². The van der Waals surface area contributed by atoms with Crippen LogP contribution in [0.4, 0.5) is 26.3 Å². The summed E-state index contributed by atoms with van der Waals surface area (Å²) in [6.07, 6.45) is -8.21. The van der Waals surface area contributed by atoms with Gasteiger partial charge in [-0.1, -0.05) is 77.9 Å². The van der Waals surface area contributed by atoms with E-state index in [-0.39, 0.29) is 22.6 Å². The highest BCUT2D eigenvalue weighted by Gasteiger charge is 2.37. The van der Waals surface area contributed by atoms with Gasteiger partial charge in [0.25, 0.3) is 0 Å². The van der Waals surface area contributed by atoms with Crippen LogP contribution in [0.2, 0.25) is 0 Å². The fourth-order valence-electron chi connectivity index (χ4n) is 7.54. The summed E-state index contributed by atoms with van der Waals surface area (Å²) in [6, 6.07) is 26.0. The van der Waals surface area contributed by atoms with Crippen molar-refractivity contribution in [1.29, 1.82) is 5.26 Å². The molecule has 52 heavy (non-hydrogen) atoms. The molecule has 0 saturated heterocycles. The summed E-state index contributed by atoms with van der Waals surface area (Å²) in [4.78, 5) is 7.45. The molecular formula is C42H22F6N4. The van der Waals surface area contributed by atoms with Gasteiger partial charge < -0.3 is 0 Å². The molecule has 0 spiro atoms. The number of rotatable bonds is 2. The van der Waals surface area contributed by atoms with Gasteiger partial charge in [-0.15, -0.1) is 4.95 Å². The lowest BCUT2D eigenvalue weighted by molar-refractivity contribution is -0.143. The van der Waals surface area contributed by atoms with Gasteiger partial charge in [-0.05, 0) is 98.8 Å². The average Bonchev–Trinajstić information content (AvgIpc) is 3.59. The standard InChI is InChI=1S/C42H22F6N4/c1-21-12-22(2)14-25(13-21)23-4-7-32-36(18-23)40(52-50-3)34-11-9-29-30(38(32)34)8-10-33-37(29)31-6-5-24(17-35(31)39(33)51-20-49)26-15-27(41(43,44)45)19-28(16-26)42(46,47)48/h4-19H,1-2H3/b51-39?,52-40-. The fraction of sp³-hybridized carbons (Fsp3) is 0.0952. The van der Waals surface area contributed by atoms with E-state index < -0.39 is 23.5 Å². The molecule has 8 rings (SSSR count). The van der Waals surface area contributed by atoms with Crippen LogP contribution in [0, 0.1) is 31.9 Å². The van der Waals surface area contributed by atoms with E-state index in [0.29, 0.717) is 33.6 Å². The summed E-state index contributed by atoms with van der Waals surface area (Å²) >= 11 is 0. The molecule has 8 aromatic carbocycles. The Kier molecular flexibility index (Phi) is 7.23. The first kappa shape index (κ1) is 32.7. The maximum absolute atomic E-state index is 13.7. The molecule has 0 radical (unpaired) electrons. The molecule has 0 unspecified atom stereocenters. The Morgan fingerprint density at radius 2 is 0.942 bits per heavy atom. The predicted molar refractivity (Wildman–Crippen MR) is 190 cm³/mol. The van der Waals surface area contributed by atoms with E-state index in [1.54, 1.807) is 12.3 Å². The Morgan fingerprint density at radius 3 is 1.42 bits per heavy atom. The second kappa shape index (κ2) is 11.5. The van der Waals surface area contributed by atoms with Gasteiger partial charge >= 0.3 is 12.4 Å². The normalized spacial score (nSPS) is 13.2. The minimum Gasteiger partial charge on any atom is -0.181 e. The van der Waals surface area contributed by atoms with Crippen LogP contribution < -0.4 is 10.7 Å². The molecule has 0 amide bonds. The van der Waals surface area contributed by atoms with Crippen molar-refractivity contribution in [1.82, 2.24) is 0 Å². The molecule has 0 atom stereocenters. The third-order valence-corrected chi connectivity index (χ3v) is 9.59. The zero-order chi connectivity index (χ0) is 36.7. The number of benzene rings is 6. The van der Waals surface area contributed by atoms with Gasteiger partial charge in [0.15, 0.2) is 5.36 Å². The number of hydrogen-bond donors (Lipinski definition) is 0. The molecule has 0 aliphatic rings. The Hall–Kier alpha value is -6.52. The van der Waals surface area contributed by atoms with Gasteiger partial charge in [-0.25, -0.2) is 0 Å². The van der Waals surface area contributed by atoms with Crippen molar-refractivity contribution in [2.24, 2.45) is 10.1 Å². The SMILES string of the molecule is [C-]#[N+]/N=c1\c2cc(-c3cc(C)cc(C)c3)ccc2c2c1ccc1c2ccc2c(=NC#N)c3cc(-c4cc(C(F)(F)F)cc(C(F)(F)F)c4)ccc3c21. The summed E-state index contributed by atoms with van der Waals surface area (Å²) in [5.74, 6) is 0. The predicted octanol–water partition coefficient (Wildman–Crippen LogP) is 11.4. The Morgan fingerprint density at radius 1 is 0.519 bits per heavy atom. The average molecular weight is 697 g/mol. The summed E-state index contributed by atoms with van der Waals surface area (Å²) in [5.41, 5.74) is 1.26. The molecule has 0 saturated carbocycles. The quantitative estimate of drug-likeness (QED) is 0.0768. The number of halogens is 6. The summed E-state index contributed by atoms with van der Waals surface area (Å²) < 4.78 is 82.2. The van der Waals surface area contributed by atoms with Crippen molar-refractivity contribution < 1.29 is 26.3 Å². The first-order valence-corrected chi connectivity index (χ1v) is 16.0. The second-order valence-electron chi connectivity index (χ2n) is 12.9. The number of nitriles is 1. The summed E-state index contributed by atoms with van der Waals surface area (Å²) in [6.45, 7) is 11.7. The van der Waals surface area contributed by atoms with E-state index in [1.807, 2.05) is 56.3 Å².